The second-order valence-electron chi connectivity index (χ2n) is 4.73. The van der Waals surface area contributed by atoms with Crippen LogP contribution in [0.15, 0.2) is 18.2 Å². The summed E-state index contributed by atoms with van der Waals surface area (Å²) in [4.78, 5) is 0. The molecule has 1 aromatic rings. The minimum Gasteiger partial charge on any atom is -0.314 e. The Morgan fingerprint density at radius 1 is 1.50 bits per heavy atom. The van der Waals surface area contributed by atoms with Crippen LogP contribution in [0.3, 0.4) is 0 Å². The number of fused-ring (bicyclic) bond motifs is 1. The molecule has 0 fully saturated rings. The van der Waals surface area contributed by atoms with Gasteiger partial charge in [0.25, 0.3) is 0 Å². The average Bonchev–Trinajstić information content (AvgIpc) is 2.26. The summed E-state index contributed by atoms with van der Waals surface area (Å²) in [5.41, 5.74) is 2.78. The van der Waals surface area contributed by atoms with Gasteiger partial charge in [0.15, 0.2) is 0 Å². The molecule has 88 valence electrons. The maximum absolute atomic E-state index is 6.06. The van der Waals surface area contributed by atoms with Gasteiger partial charge < -0.3 is 10.6 Å². The molecule has 2 rings (SSSR count). The number of nitrogens with one attached hydrogen (secondary N) is 2. The zero-order valence-corrected chi connectivity index (χ0v) is 10.6. The highest BCUT2D eigenvalue weighted by molar-refractivity contribution is 6.30. The van der Waals surface area contributed by atoms with Crippen LogP contribution in [0.5, 0.6) is 0 Å². The normalized spacial score (nSPS) is 19.9. The van der Waals surface area contributed by atoms with E-state index < -0.39 is 0 Å². The average molecular weight is 239 g/mol. The van der Waals surface area contributed by atoms with Crippen LogP contribution in [0.25, 0.3) is 0 Å². The van der Waals surface area contributed by atoms with Crippen LogP contribution in [-0.2, 0) is 6.54 Å². The van der Waals surface area contributed by atoms with Crippen molar-refractivity contribution >= 4 is 11.6 Å². The Morgan fingerprint density at radius 3 is 3.06 bits per heavy atom. The van der Waals surface area contributed by atoms with Crippen molar-refractivity contribution < 1.29 is 0 Å². The van der Waals surface area contributed by atoms with E-state index in [4.69, 9.17) is 11.6 Å². The molecule has 2 N–H and O–H groups in total. The Bertz CT molecular complexity index is 363. The third-order valence-electron chi connectivity index (χ3n) is 3.03. The van der Waals surface area contributed by atoms with Crippen LogP contribution in [0.1, 0.15) is 30.9 Å². The number of hydrogen-bond acceptors (Lipinski definition) is 2. The van der Waals surface area contributed by atoms with E-state index in [2.05, 4.69) is 36.6 Å². The highest BCUT2D eigenvalue weighted by Gasteiger charge is 2.19. The van der Waals surface area contributed by atoms with Crippen LogP contribution in [0.4, 0.5) is 0 Å². The van der Waals surface area contributed by atoms with E-state index in [9.17, 15) is 0 Å². The first-order valence-corrected chi connectivity index (χ1v) is 6.27. The van der Waals surface area contributed by atoms with E-state index in [-0.39, 0.29) is 0 Å². The van der Waals surface area contributed by atoms with Crippen molar-refractivity contribution in [3.63, 3.8) is 0 Å². The SMILES string of the molecule is CC(C)NCC1CNCc2ccc(Cl)cc21. The Balaban J connectivity index is 2.15. The highest BCUT2D eigenvalue weighted by Crippen LogP contribution is 2.26. The van der Waals surface area contributed by atoms with Gasteiger partial charge in [-0.25, -0.2) is 0 Å². The third kappa shape index (κ3) is 2.76. The Hall–Kier alpha value is -0.570. The van der Waals surface area contributed by atoms with E-state index in [1.165, 1.54) is 11.1 Å². The van der Waals surface area contributed by atoms with Crippen molar-refractivity contribution in [3.05, 3.63) is 34.3 Å². The number of halogens is 1. The summed E-state index contributed by atoms with van der Waals surface area (Å²) in [5.74, 6) is 0.532. The lowest BCUT2D eigenvalue weighted by atomic mass is 9.90. The molecule has 16 heavy (non-hydrogen) atoms. The molecule has 1 aromatic carbocycles. The Kier molecular flexibility index (Phi) is 3.85. The van der Waals surface area contributed by atoms with Gasteiger partial charge in [-0.2, -0.15) is 0 Å². The van der Waals surface area contributed by atoms with Gasteiger partial charge in [-0.05, 0) is 23.3 Å². The zero-order chi connectivity index (χ0) is 11.5. The smallest absolute Gasteiger partial charge is 0.0409 e. The summed E-state index contributed by atoms with van der Waals surface area (Å²) in [6.45, 7) is 7.36. The Morgan fingerprint density at radius 2 is 2.31 bits per heavy atom. The molecule has 3 heteroatoms. The molecule has 0 saturated carbocycles. The van der Waals surface area contributed by atoms with Crippen LogP contribution in [0, 0.1) is 0 Å². The summed E-state index contributed by atoms with van der Waals surface area (Å²) in [5, 5.41) is 7.79. The van der Waals surface area contributed by atoms with Crippen molar-refractivity contribution in [2.45, 2.75) is 32.4 Å². The molecule has 1 heterocycles. The molecule has 1 aliphatic heterocycles. The fraction of sp³-hybridized carbons (Fsp3) is 0.538. The first kappa shape index (κ1) is 11.9. The number of hydrogen-bond donors (Lipinski definition) is 2. The zero-order valence-electron chi connectivity index (χ0n) is 9.89. The van der Waals surface area contributed by atoms with E-state index in [1.54, 1.807) is 0 Å². The van der Waals surface area contributed by atoms with Crippen molar-refractivity contribution in [3.8, 4) is 0 Å². The quantitative estimate of drug-likeness (QED) is 0.846. The van der Waals surface area contributed by atoms with Crippen LogP contribution >= 0.6 is 11.6 Å². The molecule has 2 nitrogen and oxygen atoms in total. The van der Waals surface area contributed by atoms with E-state index >= 15 is 0 Å². The molecular formula is C13H19ClN2. The lowest BCUT2D eigenvalue weighted by Crippen LogP contribution is -2.36. The monoisotopic (exact) mass is 238 g/mol. The molecule has 0 bridgehead atoms. The first-order chi connectivity index (χ1) is 7.66. The Labute approximate surface area is 102 Å². The van der Waals surface area contributed by atoms with E-state index in [0.29, 0.717) is 12.0 Å². The maximum Gasteiger partial charge on any atom is 0.0409 e. The molecule has 1 atom stereocenters. The second-order valence-corrected chi connectivity index (χ2v) is 5.17. The first-order valence-electron chi connectivity index (χ1n) is 5.89. The lowest BCUT2D eigenvalue weighted by molar-refractivity contribution is 0.478. The minimum absolute atomic E-state index is 0.532. The molecule has 1 unspecified atom stereocenters. The van der Waals surface area contributed by atoms with Gasteiger partial charge in [0.2, 0.25) is 0 Å². The van der Waals surface area contributed by atoms with Gasteiger partial charge >= 0.3 is 0 Å². The molecular weight excluding hydrogens is 220 g/mol. The lowest BCUT2D eigenvalue weighted by Gasteiger charge is -2.27. The minimum atomic E-state index is 0.532. The van der Waals surface area contributed by atoms with E-state index in [1.807, 2.05) is 6.07 Å². The largest absolute Gasteiger partial charge is 0.314 e. The summed E-state index contributed by atoms with van der Waals surface area (Å²) in [6.07, 6.45) is 0. The van der Waals surface area contributed by atoms with E-state index in [0.717, 1.165) is 24.7 Å². The van der Waals surface area contributed by atoms with Crippen molar-refractivity contribution in [2.24, 2.45) is 0 Å². The third-order valence-corrected chi connectivity index (χ3v) is 3.26. The van der Waals surface area contributed by atoms with Crippen molar-refractivity contribution in [1.29, 1.82) is 0 Å². The van der Waals surface area contributed by atoms with Gasteiger partial charge in [-0.15, -0.1) is 0 Å². The van der Waals surface area contributed by atoms with Crippen molar-refractivity contribution in [1.82, 2.24) is 10.6 Å². The fourth-order valence-electron chi connectivity index (χ4n) is 2.16. The van der Waals surface area contributed by atoms with Crippen LogP contribution in [0.2, 0.25) is 5.02 Å². The fourth-order valence-corrected chi connectivity index (χ4v) is 2.34. The highest BCUT2D eigenvalue weighted by atomic mass is 35.5. The molecule has 0 amide bonds. The second kappa shape index (κ2) is 5.17. The standard InChI is InChI=1S/C13H19ClN2/c1-9(2)16-8-11-7-15-6-10-3-4-12(14)5-13(10)11/h3-5,9,11,15-16H,6-8H2,1-2H3. The van der Waals surface area contributed by atoms with Gasteiger partial charge in [0.05, 0.1) is 0 Å². The predicted molar refractivity (Wildman–Crippen MR) is 69.0 cm³/mol. The molecule has 0 aliphatic carbocycles. The molecule has 0 saturated heterocycles. The van der Waals surface area contributed by atoms with Crippen molar-refractivity contribution in [2.75, 3.05) is 13.1 Å². The molecule has 0 radical (unpaired) electrons. The van der Waals surface area contributed by atoms with Gasteiger partial charge in [0.1, 0.15) is 0 Å². The summed E-state index contributed by atoms with van der Waals surface area (Å²) >= 11 is 6.06. The summed E-state index contributed by atoms with van der Waals surface area (Å²) in [7, 11) is 0. The summed E-state index contributed by atoms with van der Waals surface area (Å²) in [6, 6.07) is 6.75. The summed E-state index contributed by atoms with van der Waals surface area (Å²) < 4.78 is 0. The number of rotatable bonds is 3. The van der Waals surface area contributed by atoms with Gasteiger partial charge in [-0.1, -0.05) is 31.5 Å². The molecule has 0 spiro atoms. The maximum atomic E-state index is 6.06. The topological polar surface area (TPSA) is 24.1 Å². The van der Waals surface area contributed by atoms with Crippen LogP contribution in [-0.4, -0.2) is 19.1 Å². The number of benzene rings is 1. The molecule has 1 aliphatic rings. The predicted octanol–water partition coefficient (Wildman–Crippen LogP) is 2.52. The van der Waals surface area contributed by atoms with Gasteiger partial charge in [0, 0.05) is 36.6 Å². The molecule has 0 aromatic heterocycles. The van der Waals surface area contributed by atoms with Gasteiger partial charge in [-0.3, -0.25) is 0 Å². The van der Waals surface area contributed by atoms with Crippen LogP contribution < -0.4 is 10.6 Å².